The third-order valence-electron chi connectivity index (χ3n) is 4.01. The Kier molecular flexibility index (Phi) is 3.24. The lowest BCUT2D eigenvalue weighted by atomic mass is 10.0. The van der Waals surface area contributed by atoms with Crippen molar-refractivity contribution in [2.45, 2.75) is 42.8 Å². The predicted molar refractivity (Wildman–Crippen MR) is 79.8 cm³/mol. The second-order valence-electron chi connectivity index (χ2n) is 5.56. The van der Waals surface area contributed by atoms with Crippen molar-refractivity contribution in [2.75, 3.05) is 5.75 Å². The van der Waals surface area contributed by atoms with Crippen molar-refractivity contribution in [3.05, 3.63) is 42.0 Å². The zero-order valence-electron chi connectivity index (χ0n) is 11.3. The van der Waals surface area contributed by atoms with Gasteiger partial charge in [0.1, 0.15) is 12.2 Å². The van der Waals surface area contributed by atoms with Crippen LogP contribution in [-0.2, 0) is 13.1 Å². The molecule has 0 spiro atoms. The Hall–Kier alpha value is -1.33. The highest BCUT2D eigenvalue weighted by atomic mass is 32.2. The molecule has 0 bridgehead atoms. The van der Waals surface area contributed by atoms with Gasteiger partial charge >= 0.3 is 0 Å². The summed E-state index contributed by atoms with van der Waals surface area (Å²) in [5, 5.41) is 7.92. The number of nitrogens with one attached hydrogen (secondary N) is 1. The van der Waals surface area contributed by atoms with Crippen LogP contribution in [-0.4, -0.2) is 26.6 Å². The smallest absolute Gasteiger partial charge is 0.140 e. The van der Waals surface area contributed by atoms with E-state index in [4.69, 9.17) is 0 Å². The van der Waals surface area contributed by atoms with Crippen LogP contribution in [0, 0.1) is 0 Å². The first kappa shape index (κ1) is 12.4. The number of rotatable bonds is 5. The predicted octanol–water partition coefficient (Wildman–Crippen LogP) is 2.42. The highest BCUT2D eigenvalue weighted by Gasteiger charge is 2.25. The summed E-state index contributed by atoms with van der Waals surface area (Å²) < 4.78 is 2.07. The quantitative estimate of drug-likeness (QED) is 0.916. The first-order valence-corrected chi connectivity index (χ1v) is 8.20. The summed E-state index contributed by atoms with van der Waals surface area (Å²) in [6, 6.07) is 9.43. The molecule has 4 nitrogen and oxygen atoms in total. The van der Waals surface area contributed by atoms with E-state index in [1.807, 2.05) is 11.8 Å². The molecule has 0 amide bonds. The Labute approximate surface area is 123 Å². The van der Waals surface area contributed by atoms with E-state index in [0.29, 0.717) is 12.0 Å². The molecule has 1 aliphatic heterocycles. The molecule has 2 heterocycles. The minimum absolute atomic E-state index is 0.553. The average Bonchev–Trinajstić information content (AvgIpc) is 3.07. The second kappa shape index (κ2) is 5.22. The molecule has 104 valence electrons. The lowest BCUT2D eigenvalue weighted by Gasteiger charge is -2.13. The van der Waals surface area contributed by atoms with Crippen molar-refractivity contribution >= 4 is 11.8 Å². The molecule has 5 heteroatoms. The Morgan fingerprint density at radius 3 is 3.10 bits per heavy atom. The van der Waals surface area contributed by atoms with Gasteiger partial charge in [0.15, 0.2) is 0 Å². The molecular formula is C15H18N4S. The van der Waals surface area contributed by atoms with Crippen LogP contribution >= 0.6 is 11.8 Å². The number of benzene rings is 1. The van der Waals surface area contributed by atoms with Crippen LogP contribution in [0.5, 0.6) is 0 Å². The molecule has 1 aromatic heterocycles. The maximum absolute atomic E-state index is 4.41. The van der Waals surface area contributed by atoms with Gasteiger partial charge in [-0.3, -0.25) is 0 Å². The van der Waals surface area contributed by atoms with Gasteiger partial charge in [0, 0.05) is 22.6 Å². The summed E-state index contributed by atoms with van der Waals surface area (Å²) in [4.78, 5) is 5.82. The Morgan fingerprint density at radius 1 is 1.30 bits per heavy atom. The molecule has 2 aliphatic rings. The highest BCUT2D eigenvalue weighted by Crippen LogP contribution is 2.40. The molecule has 1 aliphatic carbocycles. The molecule has 1 fully saturated rings. The zero-order valence-corrected chi connectivity index (χ0v) is 12.1. The van der Waals surface area contributed by atoms with Crippen LogP contribution in [0.2, 0.25) is 0 Å². The van der Waals surface area contributed by atoms with Crippen molar-refractivity contribution in [1.29, 1.82) is 0 Å². The maximum atomic E-state index is 4.41. The van der Waals surface area contributed by atoms with E-state index in [9.17, 15) is 0 Å². The SMILES string of the molecule is c1ccc2c(c1)SCC2Cn1ncnc1CNC1CC1. The number of hydrogen-bond acceptors (Lipinski definition) is 4. The fraction of sp³-hybridized carbons (Fsp3) is 0.467. The van der Waals surface area contributed by atoms with Gasteiger partial charge in [0.25, 0.3) is 0 Å². The van der Waals surface area contributed by atoms with Crippen molar-refractivity contribution in [3.8, 4) is 0 Å². The highest BCUT2D eigenvalue weighted by molar-refractivity contribution is 7.99. The maximum Gasteiger partial charge on any atom is 0.140 e. The first-order chi connectivity index (χ1) is 9.90. The third kappa shape index (κ3) is 2.47. The molecule has 0 radical (unpaired) electrons. The van der Waals surface area contributed by atoms with E-state index < -0.39 is 0 Å². The van der Waals surface area contributed by atoms with E-state index in [-0.39, 0.29) is 0 Å². The average molecular weight is 286 g/mol. The first-order valence-electron chi connectivity index (χ1n) is 7.22. The number of aromatic nitrogens is 3. The van der Waals surface area contributed by atoms with Crippen LogP contribution in [0.15, 0.2) is 35.5 Å². The van der Waals surface area contributed by atoms with Crippen molar-refractivity contribution in [2.24, 2.45) is 0 Å². The summed E-state index contributed by atoms with van der Waals surface area (Å²) in [7, 11) is 0. The molecule has 0 saturated heterocycles. The number of hydrogen-bond donors (Lipinski definition) is 1. The monoisotopic (exact) mass is 286 g/mol. The molecule has 1 unspecified atom stereocenters. The standard InChI is InChI=1S/C15H18N4S/c1-2-4-14-13(3-1)11(9-20-14)8-19-15(17-10-18-19)7-16-12-5-6-12/h1-4,10-12,16H,5-9H2. The van der Waals surface area contributed by atoms with Gasteiger partial charge in [0.05, 0.1) is 13.1 Å². The molecule has 1 N–H and O–H groups in total. The summed E-state index contributed by atoms with van der Waals surface area (Å²) >= 11 is 1.95. The van der Waals surface area contributed by atoms with Gasteiger partial charge in [-0.2, -0.15) is 5.10 Å². The van der Waals surface area contributed by atoms with Crippen LogP contribution in [0.3, 0.4) is 0 Å². The van der Waals surface area contributed by atoms with Gasteiger partial charge < -0.3 is 5.32 Å². The van der Waals surface area contributed by atoms with Crippen LogP contribution < -0.4 is 5.32 Å². The number of nitrogens with zero attached hydrogens (tertiary/aromatic N) is 3. The Bertz CT molecular complexity index is 605. The molecule has 1 saturated carbocycles. The molecular weight excluding hydrogens is 268 g/mol. The van der Waals surface area contributed by atoms with E-state index in [1.54, 1.807) is 6.33 Å². The molecule has 20 heavy (non-hydrogen) atoms. The zero-order chi connectivity index (χ0) is 13.4. The topological polar surface area (TPSA) is 42.7 Å². The molecule has 1 aromatic carbocycles. The summed E-state index contributed by atoms with van der Waals surface area (Å²) in [6.45, 7) is 1.78. The van der Waals surface area contributed by atoms with Crippen LogP contribution in [0.1, 0.15) is 30.1 Å². The number of thioether (sulfide) groups is 1. The van der Waals surface area contributed by atoms with Crippen LogP contribution in [0.25, 0.3) is 0 Å². The van der Waals surface area contributed by atoms with Crippen molar-refractivity contribution in [1.82, 2.24) is 20.1 Å². The summed E-state index contributed by atoms with van der Waals surface area (Å²) in [5.74, 6) is 2.76. The van der Waals surface area contributed by atoms with Gasteiger partial charge in [-0.25, -0.2) is 9.67 Å². The van der Waals surface area contributed by atoms with E-state index in [0.717, 1.165) is 24.7 Å². The largest absolute Gasteiger partial charge is 0.307 e. The minimum Gasteiger partial charge on any atom is -0.307 e. The molecule has 4 rings (SSSR count). The molecule has 2 aromatic rings. The van der Waals surface area contributed by atoms with Crippen molar-refractivity contribution in [3.63, 3.8) is 0 Å². The Morgan fingerprint density at radius 2 is 2.20 bits per heavy atom. The Balaban J connectivity index is 1.48. The summed E-state index contributed by atoms with van der Waals surface area (Å²) in [5.41, 5.74) is 1.47. The van der Waals surface area contributed by atoms with Gasteiger partial charge in [-0.05, 0) is 24.5 Å². The second-order valence-corrected chi connectivity index (χ2v) is 6.62. The van der Waals surface area contributed by atoms with Gasteiger partial charge in [-0.15, -0.1) is 11.8 Å². The van der Waals surface area contributed by atoms with E-state index in [1.165, 1.54) is 23.3 Å². The lowest BCUT2D eigenvalue weighted by Crippen LogP contribution is -2.21. The van der Waals surface area contributed by atoms with Gasteiger partial charge in [-0.1, -0.05) is 18.2 Å². The third-order valence-corrected chi connectivity index (χ3v) is 5.27. The fourth-order valence-electron chi connectivity index (χ4n) is 2.69. The number of fused-ring (bicyclic) bond motifs is 1. The van der Waals surface area contributed by atoms with E-state index in [2.05, 4.69) is 44.3 Å². The fourth-order valence-corrected chi connectivity index (χ4v) is 3.93. The minimum atomic E-state index is 0.553. The van der Waals surface area contributed by atoms with Crippen LogP contribution in [0.4, 0.5) is 0 Å². The van der Waals surface area contributed by atoms with Gasteiger partial charge in [0.2, 0.25) is 0 Å². The normalized spacial score (nSPS) is 21.1. The lowest BCUT2D eigenvalue weighted by molar-refractivity contribution is 0.507. The molecule has 1 atom stereocenters. The summed E-state index contributed by atoms with van der Waals surface area (Å²) in [6.07, 6.45) is 4.29. The van der Waals surface area contributed by atoms with E-state index >= 15 is 0 Å². The van der Waals surface area contributed by atoms with Crippen molar-refractivity contribution < 1.29 is 0 Å².